The monoisotopic (exact) mass is 312 g/mol. The summed E-state index contributed by atoms with van der Waals surface area (Å²) in [4.78, 5) is 23.0. The van der Waals surface area contributed by atoms with E-state index in [1.54, 1.807) is 24.3 Å². The molecule has 5 nitrogen and oxygen atoms in total. The molecule has 0 unspecified atom stereocenters. The quantitative estimate of drug-likeness (QED) is 0.890. The van der Waals surface area contributed by atoms with Gasteiger partial charge in [0.25, 0.3) is 5.91 Å². The zero-order valence-electron chi connectivity index (χ0n) is 13.5. The van der Waals surface area contributed by atoms with Gasteiger partial charge in [0, 0.05) is 18.3 Å². The molecule has 2 aromatic carbocycles. The molecule has 0 aromatic heterocycles. The van der Waals surface area contributed by atoms with Gasteiger partial charge in [0.2, 0.25) is 5.91 Å². The number of ether oxygens (including phenoxy) is 1. The standard InChI is InChI=1S/C18H20N2O3/c1-12-7-8-13(2)17(9-12)23-11-18(22)20-16-6-4-5-15(10-16)19-14(3)21/h4-10H,11H2,1-3H3,(H,19,21)(H,20,22). The van der Waals surface area contributed by atoms with E-state index in [1.807, 2.05) is 32.0 Å². The average molecular weight is 312 g/mol. The number of aryl methyl sites for hydroxylation is 2. The topological polar surface area (TPSA) is 67.4 Å². The van der Waals surface area contributed by atoms with E-state index in [0.717, 1.165) is 11.1 Å². The molecule has 0 saturated carbocycles. The maximum Gasteiger partial charge on any atom is 0.262 e. The van der Waals surface area contributed by atoms with Gasteiger partial charge in [-0.15, -0.1) is 0 Å². The molecule has 0 aliphatic heterocycles. The number of anilines is 2. The Morgan fingerprint density at radius 2 is 1.70 bits per heavy atom. The van der Waals surface area contributed by atoms with Gasteiger partial charge in [0.05, 0.1) is 0 Å². The van der Waals surface area contributed by atoms with Crippen LogP contribution in [0.3, 0.4) is 0 Å². The molecule has 2 rings (SSSR count). The summed E-state index contributed by atoms with van der Waals surface area (Å²) in [5, 5.41) is 5.41. The molecule has 2 N–H and O–H groups in total. The highest BCUT2D eigenvalue weighted by Gasteiger charge is 2.06. The number of carbonyl (C=O) groups excluding carboxylic acids is 2. The van der Waals surface area contributed by atoms with Gasteiger partial charge in [-0.1, -0.05) is 18.2 Å². The van der Waals surface area contributed by atoms with Crippen molar-refractivity contribution in [3.8, 4) is 5.75 Å². The second-order valence-corrected chi connectivity index (χ2v) is 5.37. The fourth-order valence-corrected chi connectivity index (χ4v) is 2.08. The lowest BCUT2D eigenvalue weighted by Crippen LogP contribution is -2.20. The van der Waals surface area contributed by atoms with E-state index in [2.05, 4.69) is 10.6 Å². The van der Waals surface area contributed by atoms with Gasteiger partial charge in [-0.3, -0.25) is 9.59 Å². The van der Waals surface area contributed by atoms with Crippen LogP contribution >= 0.6 is 0 Å². The van der Waals surface area contributed by atoms with Gasteiger partial charge in [-0.25, -0.2) is 0 Å². The zero-order chi connectivity index (χ0) is 16.8. The molecule has 0 spiro atoms. The largest absolute Gasteiger partial charge is 0.483 e. The fourth-order valence-electron chi connectivity index (χ4n) is 2.08. The van der Waals surface area contributed by atoms with Gasteiger partial charge in [-0.2, -0.15) is 0 Å². The minimum atomic E-state index is -0.258. The van der Waals surface area contributed by atoms with Crippen molar-refractivity contribution in [3.63, 3.8) is 0 Å². The van der Waals surface area contributed by atoms with Crippen LogP contribution in [0.15, 0.2) is 42.5 Å². The highest BCUT2D eigenvalue weighted by atomic mass is 16.5. The summed E-state index contributed by atoms with van der Waals surface area (Å²) in [6.45, 7) is 5.27. The Morgan fingerprint density at radius 1 is 1.00 bits per heavy atom. The number of nitrogens with one attached hydrogen (secondary N) is 2. The number of rotatable bonds is 5. The van der Waals surface area contributed by atoms with Crippen LogP contribution in [0.4, 0.5) is 11.4 Å². The normalized spacial score (nSPS) is 10.0. The molecule has 0 heterocycles. The third kappa shape index (κ3) is 5.14. The Kier molecular flexibility index (Phi) is 5.36. The SMILES string of the molecule is CC(=O)Nc1cccc(NC(=O)COc2cc(C)ccc2C)c1. The summed E-state index contributed by atoms with van der Waals surface area (Å²) in [5.74, 6) is 0.282. The highest BCUT2D eigenvalue weighted by molar-refractivity contribution is 5.94. The maximum atomic E-state index is 12.0. The minimum absolute atomic E-state index is 0.0747. The van der Waals surface area contributed by atoms with E-state index in [-0.39, 0.29) is 18.4 Å². The molecular formula is C18H20N2O3. The number of carbonyl (C=O) groups is 2. The summed E-state index contributed by atoms with van der Waals surface area (Å²) >= 11 is 0. The molecule has 0 aliphatic carbocycles. The van der Waals surface area contributed by atoms with Crippen molar-refractivity contribution in [2.45, 2.75) is 20.8 Å². The van der Waals surface area contributed by atoms with Crippen LogP contribution in [0.5, 0.6) is 5.75 Å². The summed E-state index contributed by atoms with van der Waals surface area (Å²) in [5.41, 5.74) is 3.29. The molecule has 0 bridgehead atoms. The van der Waals surface area contributed by atoms with E-state index < -0.39 is 0 Å². The summed E-state index contributed by atoms with van der Waals surface area (Å²) in [6.07, 6.45) is 0. The van der Waals surface area contributed by atoms with Crippen LogP contribution in [-0.2, 0) is 9.59 Å². The van der Waals surface area contributed by atoms with Crippen molar-refractivity contribution in [2.24, 2.45) is 0 Å². The van der Waals surface area contributed by atoms with Crippen molar-refractivity contribution in [2.75, 3.05) is 17.2 Å². The Labute approximate surface area is 135 Å². The Morgan fingerprint density at radius 3 is 2.39 bits per heavy atom. The first-order valence-electron chi connectivity index (χ1n) is 7.31. The second kappa shape index (κ2) is 7.45. The van der Waals surface area contributed by atoms with Crippen molar-refractivity contribution >= 4 is 23.2 Å². The summed E-state index contributed by atoms with van der Waals surface area (Å²) < 4.78 is 5.56. The molecule has 0 atom stereocenters. The first kappa shape index (κ1) is 16.5. The maximum absolute atomic E-state index is 12.0. The van der Waals surface area contributed by atoms with Gasteiger partial charge in [0.15, 0.2) is 6.61 Å². The lowest BCUT2D eigenvalue weighted by molar-refractivity contribution is -0.118. The smallest absolute Gasteiger partial charge is 0.262 e. The first-order valence-corrected chi connectivity index (χ1v) is 7.31. The molecule has 120 valence electrons. The van der Waals surface area contributed by atoms with Crippen LogP contribution in [0.25, 0.3) is 0 Å². The van der Waals surface area contributed by atoms with Gasteiger partial charge in [-0.05, 0) is 49.2 Å². The van der Waals surface area contributed by atoms with Gasteiger partial charge >= 0.3 is 0 Å². The van der Waals surface area contributed by atoms with E-state index in [9.17, 15) is 9.59 Å². The van der Waals surface area contributed by atoms with E-state index in [0.29, 0.717) is 17.1 Å². The Hall–Kier alpha value is -2.82. The van der Waals surface area contributed by atoms with Crippen LogP contribution in [0, 0.1) is 13.8 Å². The lowest BCUT2D eigenvalue weighted by atomic mass is 10.1. The van der Waals surface area contributed by atoms with Crippen molar-refractivity contribution in [1.82, 2.24) is 0 Å². The summed E-state index contributed by atoms with van der Waals surface area (Å²) in [7, 11) is 0. The van der Waals surface area contributed by atoms with E-state index in [4.69, 9.17) is 4.74 Å². The van der Waals surface area contributed by atoms with Crippen LogP contribution in [0.1, 0.15) is 18.1 Å². The van der Waals surface area contributed by atoms with E-state index >= 15 is 0 Å². The van der Waals surface area contributed by atoms with Crippen LogP contribution in [0.2, 0.25) is 0 Å². The Balaban J connectivity index is 1.94. The fraction of sp³-hybridized carbons (Fsp3) is 0.222. The molecule has 2 amide bonds. The molecule has 2 aromatic rings. The predicted octanol–water partition coefficient (Wildman–Crippen LogP) is 3.28. The van der Waals surface area contributed by atoms with Gasteiger partial charge in [0.1, 0.15) is 5.75 Å². The molecule has 0 fully saturated rings. The van der Waals surface area contributed by atoms with Crippen molar-refractivity contribution in [1.29, 1.82) is 0 Å². The van der Waals surface area contributed by atoms with Crippen LogP contribution in [-0.4, -0.2) is 18.4 Å². The predicted molar refractivity (Wildman–Crippen MR) is 90.8 cm³/mol. The van der Waals surface area contributed by atoms with Crippen LogP contribution < -0.4 is 15.4 Å². The lowest BCUT2D eigenvalue weighted by Gasteiger charge is -2.11. The zero-order valence-corrected chi connectivity index (χ0v) is 13.5. The van der Waals surface area contributed by atoms with E-state index in [1.165, 1.54) is 6.92 Å². The third-order valence-electron chi connectivity index (χ3n) is 3.17. The Bertz CT molecular complexity index is 726. The molecule has 0 aliphatic rings. The summed E-state index contributed by atoms with van der Waals surface area (Å²) in [6, 6.07) is 12.8. The van der Waals surface area contributed by atoms with Gasteiger partial charge < -0.3 is 15.4 Å². The number of hydrogen-bond donors (Lipinski definition) is 2. The number of hydrogen-bond acceptors (Lipinski definition) is 3. The number of benzene rings is 2. The molecule has 23 heavy (non-hydrogen) atoms. The molecule has 0 saturated heterocycles. The minimum Gasteiger partial charge on any atom is -0.483 e. The van der Waals surface area contributed by atoms with Crippen molar-refractivity contribution < 1.29 is 14.3 Å². The molecule has 5 heteroatoms. The third-order valence-corrected chi connectivity index (χ3v) is 3.17. The first-order chi connectivity index (χ1) is 10.9. The van der Waals surface area contributed by atoms with Crippen molar-refractivity contribution in [3.05, 3.63) is 53.6 Å². The number of amides is 2. The highest BCUT2D eigenvalue weighted by Crippen LogP contribution is 2.19. The second-order valence-electron chi connectivity index (χ2n) is 5.37. The molecular weight excluding hydrogens is 292 g/mol. The average Bonchev–Trinajstić information content (AvgIpc) is 2.48. The molecule has 0 radical (unpaired) electrons.